The van der Waals surface area contributed by atoms with Gasteiger partial charge in [-0.3, -0.25) is 4.98 Å². The number of nitrogens with one attached hydrogen (secondary N) is 1. The summed E-state index contributed by atoms with van der Waals surface area (Å²) in [4.78, 5) is 13.1. The van der Waals surface area contributed by atoms with Crippen LogP contribution < -0.4 is 10.8 Å². The molecule has 0 amide bonds. The molecule has 2 N–H and O–H groups in total. The van der Waals surface area contributed by atoms with Crippen LogP contribution in [0.1, 0.15) is 50.7 Å². The van der Waals surface area contributed by atoms with E-state index in [9.17, 15) is 18.5 Å². The molecule has 2 unspecified atom stereocenters. The number of aliphatic hydroxyl groups is 1. The molecule has 0 bridgehead atoms. The van der Waals surface area contributed by atoms with Crippen molar-refractivity contribution in [2.24, 2.45) is 0 Å². The second-order valence-electron chi connectivity index (χ2n) is 8.80. The third kappa shape index (κ3) is 4.75. The normalized spacial score (nSPS) is 15.3. The van der Waals surface area contributed by atoms with Gasteiger partial charge >= 0.3 is 5.92 Å². The molecule has 10 heteroatoms. The van der Waals surface area contributed by atoms with Gasteiger partial charge in [-0.15, -0.1) is 0 Å². The summed E-state index contributed by atoms with van der Waals surface area (Å²) in [5, 5.41) is 13.5. The average Bonchev–Trinajstić information content (AvgIpc) is 2.72. The Bertz CT molecular complexity index is 1240. The van der Waals surface area contributed by atoms with E-state index < -0.39 is 36.1 Å². The molecule has 0 aliphatic rings. The van der Waals surface area contributed by atoms with E-state index in [1.165, 1.54) is 18.3 Å². The van der Waals surface area contributed by atoms with E-state index in [-0.39, 0.29) is 5.56 Å². The number of rotatable bonds is 7. The third-order valence-electron chi connectivity index (χ3n) is 5.72. The quantitative estimate of drug-likeness (QED) is 0.455. The molecule has 0 aliphatic carbocycles. The maximum absolute atomic E-state index is 15.2. The van der Waals surface area contributed by atoms with E-state index in [2.05, 4.69) is 20.3 Å². The lowest BCUT2D eigenvalue weighted by molar-refractivity contribution is -0.170. The highest BCUT2D eigenvalue weighted by atomic mass is 31.2. The fourth-order valence-electron chi connectivity index (χ4n) is 3.41. The van der Waals surface area contributed by atoms with Gasteiger partial charge < -0.3 is 15.0 Å². The fourth-order valence-corrected chi connectivity index (χ4v) is 4.44. The fraction of sp³-hybridized carbons (Fsp3) is 0.435. The molecule has 2 aromatic heterocycles. The van der Waals surface area contributed by atoms with Crippen LogP contribution in [0, 0.1) is 12.7 Å². The van der Waals surface area contributed by atoms with Gasteiger partial charge in [0.25, 0.3) is 0 Å². The minimum atomic E-state index is -3.80. The van der Waals surface area contributed by atoms with Crippen molar-refractivity contribution < 1.29 is 22.8 Å². The van der Waals surface area contributed by atoms with Crippen molar-refractivity contribution in [2.45, 2.75) is 52.2 Å². The van der Waals surface area contributed by atoms with E-state index in [0.29, 0.717) is 34.1 Å². The number of aromatic nitrogens is 3. The van der Waals surface area contributed by atoms with Crippen LogP contribution in [0.25, 0.3) is 10.9 Å². The van der Waals surface area contributed by atoms with Crippen LogP contribution in [0.2, 0.25) is 0 Å². The maximum atomic E-state index is 15.2. The first-order valence-corrected chi connectivity index (χ1v) is 12.9. The van der Waals surface area contributed by atoms with Crippen LogP contribution in [-0.4, -0.2) is 38.5 Å². The van der Waals surface area contributed by atoms with Crippen LogP contribution in [0.5, 0.6) is 0 Å². The van der Waals surface area contributed by atoms with Gasteiger partial charge in [-0.05, 0) is 46.5 Å². The van der Waals surface area contributed by atoms with E-state index in [4.69, 9.17) is 0 Å². The number of nitrogens with zero attached hydrogens (tertiary/aromatic N) is 3. The van der Waals surface area contributed by atoms with Gasteiger partial charge in [-0.1, -0.05) is 19.1 Å². The lowest BCUT2D eigenvalue weighted by Crippen LogP contribution is -2.41. The number of benzene rings is 1. The molecule has 6 nitrogen and oxygen atoms in total. The number of hydrogen-bond donors (Lipinski definition) is 2. The number of pyridine rings is 1. The highest BCUT2D eigenvalue weighted by Gasteiger charge is 2.49. The summed E-state index contributed by atoms with van der Waals surface area (Å²) in [6, 6.07) is 4.60. The molecule has 2 heterocycles. The topological polar surface area (TPSA) is 88.0 Å². The van der Waals surface area contributed by atoms with Crippen molar-refractivity contribution in [3.63, 3.8) is 0 Å². The standard InChI is InChI=1S/C23H28F3N4O2P/c1-7-33(6,32)19-11-16-18(12-27-19)29-14(3)30-21(16)28-13(2)15-9-8-10-17(20(15)24)23(25,26)22(4,5)31/h8-13,31H,7H2,1-6H3,(H,28,29,30). The Kier molecular flexibility index (Phi) is 6.61. The molecular formula is C23H28F3N4O2P. The summed E-state index contributed by atoms with van der Waals surface area (Å²) in [5.74, 6) is -4.12. The Balaban J connectivity index is 2.07. The molecule has 0 aliphatic heterocycles. The van der Waals surface area contributed by atoms with Crippen molar-refractivity contribution in [2.75, 3.05) is 18.1 Å². The maximum Gasteiger partial charge on any atom is 0.303 e. The second-order valence-corrected chi connectivity index (χ2v) is 12.1. The molecule has 3 aromatic rings. The Morgan fingerprint density at radius 1 is 1.24 bits per heavy atom. The zero-order valence-electron chi connectivity index (χ0n) is 19.4. The number of alkyl halides is 2. The predicted octanol–water partition coefficient (Wildman–Crippen LogP) is 5.15. The summed E-state index contributed by atoms with van der Waals surface area (Å²) >= 11 is 0. The number of anilines is 1. The minimum absolute atomic E-state index is 0.00941. The number of fused-ring (bicyclic) bond motifs is 1. The molecule has 0 saturated heterocycles. The smallest absolute Gasteiger partial charge is 0.303 e. The summed E-state index contributed by atoms with van der Waals surface area (Å²) in [5.41, 5.74) is -2.39. The van der Waals surface area contributed by atoms with Gasteiger partial charge in [0.05, 0.1) is 23.3 Å². The van der Waals surface area contributed by atoms with Crippen molar-refractivity contribution in [1.82, 2.24) is 15.0 Å². The van der Waals surface area contributed by atoms with Crippen molar-refractivity contribution in [3.8, 4) is 0 Å². The van der Waals surface area contributed by atoms with Crippen molar-refractivity contribution >= 4 is 29.3 Å². The van der Waals surface area contributed by atoms with E-state index >= 15 is 4.39 Å². The van der Waals surface area contributed by atoms with Gasteiger partial charge in [0.1, 0.15) is 35.6 Å². The Morgan fingerprint density at radius 3 is 2.52 bits per heavy atom. The van der Waals surface area contributed by atoms with Crippen LogP contribution in [0.4, 0.5) is 19.0 Å². The molecule has 1 aromatic carbocycles. The van der Waals surface area contributed by atoms with Crippen LogP contribution in [0.3, 0.4) is 0 Å². The zero-order valence-corrected chi connectivity index (χ0v) is 20.3. The molecule has 3 rings (SSSR count). The first kappa shape index (κ1) is 25.1. The Hall–Kier alpha value is -2.51. The summed E-state index contributed by atoms with van der Waals surface area (Å²) in [6.45, 7) is 8.64. The lowest BCUT2D eigenvalue weighted by atomic mass is 9.91. The summed E-state index contributed by atoms with van der Waals surface area (Å²) < 4.78 is 57.4. The number of halogens is 3. The first-order chi connectivity index (χ1) is 15.2. The van der Waals surface area contributed by atoms with Crippen LogP contribution >= 0.6 is 7.14 Å². The van der Waals surface area contributed by atoms with E-state index in [1.807, 2.05) is 6.92 Å². The van der Waals surface area contributed by atoms with Gasteiger partial charge in [-0.25, -0.2) is 14.4 Å². The highest BCUT2D eigenvalue weighted by Crippen LogP contribution is 2.42. The number of aryl methyl sites for hydroxylation is 1. The Morgan fingerprint density at radius 2 is 1.91 bits per heavy atom. The van der Waals surface area contributed by atoms with Crippen molar-refractivity contribution in [1.29, 1.82) is 0 Å². The molecule has 0 saturated carbocycles. The number of hydrogen-bond acceptors (Lipinski definition) is 6. The van der Waals surface area contributed by atoms with Gasteiger partial charge in [0.2, 0.25) is 0 Å². The summed E-state index contributed by atoms with van der Waals surface area (Å²) in [6.07, 6.45) is 1.96. The highest BCUT2D eigenvalue weighted by molar-refractivity contribution is 7.70. The van der Waals surface area contributed by atoms with E-state index in [0.717, 1.165) is 19.9 Å². The molecule has 2 atom stereocenters. The predicted molar refractivity (Wildman–Crippen MR) is 124 cm³/mol. The molecular weight excluding hydrogens is 452 g/mol. The molecule has 0 spiro atoms. The van der Waals surface area contributed by atoms with Crippen molar-refractivity contribution in [3.05, 3.63) is 53.2 Å². The third-order valence-corrected chi connectivity index (χ3v) is 8.14. The SMILES string of the molecule is CCP(C)(=O)c1cc2c(NC(C)c3cccc(C(F)(F)C(C)(C)O)c3F)nc(C)nc2cn1. The molecule has 33 heavy (non-hydrogen) atoms. The zero-order chi connectivity index (χ0) is 24.8. The minimum Gasteiger partial charge on any atom is -0.384 e. The Labute approximate surface area is 191 Å². The molecule has 0 fully saturated rings. The average molecular weight is 480 g/mol. The lowest BCUT2D eigenvalue weighted by Gasteiger charge is -2.30. The van der Waals surface area contributed by atoms with Gasteiger partial charge in [-0.2, -0.15) is 8.78 Å². The second kappa shape index (κ2) is 8.69. The molecule has 178 valence electrons. The van der Waals surface area contributed by atoms with Crippen LogP contribution in [-0.2, 0) is 10.5 Å². The van der Waals surface area contributed by atoms with Gasteiger partial charge in [0.15, 0.2) is 0 Å². The monoisotopic (exact) mass is 480 g/mol. The first-order valence-electron chi connectivity index (χ1n) is 10.6. The van der Waals surface area contributed by atoms with Crippen LogP contribution in [0.15, 0.2) is 30.5 Å². The molecule has 0 radical (unpaired) electrons. The summed E-state index contributed by atoms with van der Waals surface area (Å²) in [7, 11) is -2.66. The largest absolute Gasteiger partial charge is 0.384 e. The van der Waals surface area contributed by atoms with E-state index in [1.54, 1.807) is 26.6 Å². The van der Waals surface area contributed by atoms with Gasteiger partial charge in [0, 0.05) is 17.1 Å².